The number of benzene rings is 2. The van der Waals surface area contributed by atoms with Crippen LogP contribution in [0.5, 0.6) is 0 Å². The molecule has 16 nitrogen and oxygen atoms in total. The summed E-state index contributed by atoms with van der Waals surface area (Å²) in [6.07, 6.45) is 1.17. The summed E-state index contributed by atoms with van der Waals surface area (Å²) in [5.41, 5.74) is 3.90. The first-order valence-corrected chi connectivity index (χ1v) is 26.6. The fourth-order valence-electron chi connectivity index (χ4n) is 5.34. The van der Waals surface area contributed by atoms with E-state index in [2.05, 4.69) is 17.3 Å². The maximum atomic E-state index is 12.9. The van der Waals surface area contributed by atoms with E-state index < -0.39 is 84.6 Å². The lowest BCUT2D eigenvalue weighted by Crippen LogP contribution is -2.46. The van der Waals surface area contributed by atoms with Gasteiger partial charge in [0.15, 0.2) is 39.3 Å². The van der Waals surface area contributed by atoms with Gasteiger partial charge < -0.3 is 30.2 Å². The molecule has 0 saturated carbocycles. The Hall–Kier alpha value is -1.79. The van der Waals surface area contributed by atoms with Gasteiger partial charge in [0.25, 0.3) is 0 Å². The summed E-state index contributed by atoms with van der Waals surface area (Å²) in [6.45, 7) is 14.2. The van der Waals surface area contributed by atoms with Crippen LogP contribution in [0, 0.1) is 0 Å². The van der Waals surface area contributed by atoms with Crippen LogP contribution in [0.1, 0.15) is 41.5 Å². The van der Waals surface area contributed by atoms with Crippen LogP contribution in [0.3, 0.4) is 0 Å². The van der Waals surface area contributed by atoms with Crippen molar-refractivity contribution >= 4 is 110 Å². The number of halogens is 5. The van der Waals surface area contributed by atoms with Crippen molar-refractivity contribution in [1.82, 2.24) is 10.2 Å². The highest BCUT2D eigenvalue weighted by atomic mass is 35.5. The molecule has 25 heteroatoms. The number of morpholine rings is 1. The van der Waals surface area contributed by atoms with Crippen molar-refractivity contribution in [3.05, 3.63) is 68.0 Å². The van der Waals surface area contributed by atoms with Gasteiger partial charge in [0, 0.05) is 24.5 Å². The number of nitrogens with one attached hydrogen (secondary N) is 1. The van der Waals surface area contributed by atoms with E-state index in [1.54, 1.807) is 41.5 Å². The normalized spacial score (nSPS) is 20.7. The Morgan fingerprint density at radius 3 is 1.61 bits per heavy atom. The smallest absolute Gasteiger partial charge is 0.320 e. The molecule has 354 valence electrons. The zero-order valence-corrected chi connectivity index (χ0v) is 42.2. The molecule has 2 aromatic rings. The molecule has 3 heterocycles. The molecule has 0 unspecified atom stereocenters. The molecular weight excluding hydrogens is 1000 g/mol. The van der Waals surface area contributed by atoms with Crippen LogP contribution in [0.15, 0.2) is 57.7 Å². The predicted octanol–water partition coefficient (Wildman–Crippen LogP) is 4.60. The quantitative estimate of drug-likeness (QED) is 0.344. The van der Waals surface area contributed by atoms with Crippen molar-refractivity contribution < 1.29 is 57.5 Å². The average molecular weight is 1050 g/mol. The molecule has 3 aliphatic heterocycles. The topological polar surface area (TPSA) is 240 Å². The molecule has 0 amide bonds. The van der Waals surface area contributed by atoms with Gasteiger partial charge in [0.1, 0.15) is 11.2 Å². The second kappa shape index (κ2) is 24.1. The second-order valence-electron chi connectivity index (χ2n) is 15.8. The van der Waals surface area contributed by atoms with E-state index in [0.29, 0.717) is 0 Å². The lowest BCUT2D eigenvalue weighted by Gasteiger charge is -2.22. The first-order valence-electron chi connectivity index (χ1n) is 18.4. The number of likely N-dealkylation sites (N-methyl/N-ethyl adjacent to an activating group) is 1. The van der Waals surface area contributed by atoms with Gasteiger partial charge in [-0.2, -0.15) is 0 Å². The Morgan fingerprint density at radius 2 is 1.24 bits per heavy atom. The van der Waals surface area contributed by atoms with Crippen LogP contribution >= 0.6 is 58.8 Å². The van der Waals surface area contributed by atoms with Crippen LogP contribution in [-0.2, 0) is 63.1 Å². The summed E-state index contributed by atoms with van der Waals surface area (Å²) in [5.74, 6) is -2.32. The number of rotatable bonds is 8. The van der Waals surface area contributed by atoms with E-state index >= 15 is 0 Å². The SMILES string of the molecule is CC(C)(C)OC(=O)CN.CC(C)(C)OC(=O)CN[C@@H]1CS(=O)(=O)C[C@H]1S(=O)(=O)c1ccc(Cl)c(Cl)c1.CN1CCOCC1.Cl.O=S1(=O)C=C[C@@H](S(=O)(=O)c2ccc(Cl)c(Cl)c2)C1. The van der Waals surface area contributed by atoms with Crippen molar-refractivity contribution in [3.63, 3.8) is 0 Å². The minimum absolute atomic E-state index is 0. The summed E-state index contributed by atoms with van der Waals surface area (Å²) in [7, 11) is -12.7. The minimum Gasteiger partial charge on any atom is -0.459 e. The molecule has 5 rings (SSSR count). The number of sulfone groups is 4. The molecule has 0 bridgehead atoms. The zero-order valence-electron chi connectivity index (χ0n) is 35.1. The fraction of sp³-hybridized carbons (Fsp3) is 0.568. The molecule has 0 radical (unpaired) electrons. The number of hydrogen-bond acceptors (Lipinski definition) is 16. The van der Waals surface area contributed by atoms with Gasteiger partial charge in [-0.25, -0.2) is 33.7 Å². The Morgan fingerprint density at radius 1 is 0.774 bits per heavy atom. The molecule has 3 N–H and O–H groups in total. The number of nitrogens with two attached hydrogens (primary N) is 1. The van der Waals surface area contributed by atoms with E-state index in [1.807, 2.05) is 0 Å². The van der Waals surface area contributed by atoms with E-state index in [1.165, 1.54) is 42.5 Å². The largest absolute Gasteiger partial charge is 0.459 e. The van der Waals surface area contributed by atoms with Gasteiger partial charge in [-0.05, 0) is 85.0 Å². The van der Waals surface area contributed by atoms with E-state index in [9.17, 15) is 43.3 Å². The summed E-state index contributed by atoms with van der Waals surface area (Å²) < 4.78 is 112. The average Bonchev–Trinajstić information content (AvgIpc) is 3.67. The summed E-state index contributed by atoms with van der Waals surface area (Å²) in [4.78, 5) is 24.5. The number of esters is 2. The molecule has 0 aliphatic carbocycles. The lowest BCUT2D eigenvalue weighted by molar-refractivity contribution is -0.154. The second-order valence-corrected chi connectivity index (χ2v) is 25.9. The molecule has 62 heavy (non-hydrogen) atoms. The lowest BCUT2D eigenvalue weighted by atomic mass is 10.2. The van der Waals surface area contributed by atoms with Crippen molar-refractivity contribution in [2.45, 2.75) is 79.1 Å². The summed E-state index contributed by atoms with van der Waals surface area (Å²) in [6, 6.07) is 6.75. The van der Waals surface area contributed by atoms with Crippen molar-refractivity contribution in [3.8, 4) is 0 Å². The highest BCUT2D eigenvalue weighted by molar-refractivity contribution is 7.98. The fourth-order valence-corrected chi connectivity index (χ4v) is 14.5. The molecule has 0 spiro atoms. The van der Waals surface area contributed by atoms with Gasteiger partial charge in [-0.3, -0.25) is 9.59 Å². The third-order valence-corrected chi connectivity index (χ3v) is 17.4. The van der Waals surface area contributed by atoms with Crippen LogP contribution in [0.4, 0.5) is 0 Å². The maximum Gasteiger partial charge on any atom is 0.320 e. The molecule has 3 aliphatic rings. The molecule has 2 aromatic carbocycles. The van der Waals surface area contributed by atoms with Crippen LogP contribution in [-0.4, -0.2) is 142 Å². The van der Waals surface area contributed by atoms with Gasteiger partial charge in [-0.1, -0.05) is 52.5 Å². The highest BCUT2D eigenvalue weighted by Gasteiger charge is 2.46. The van der Waals surface area contributed by atoms with E-state index in [-0.39, 0.29) is 67.1 Å². The minimum atomic E-state index is -4.02. The number of carbonyl (C=O) groups is 2. The van der Waals surface area contributed by atoms with Gasteiger partial charge in [-0.15, -0.1) is 12.4 Å². The maximum absolute atomic E-state index is 12.9. The van der Waals surface area contributed by atoms with Gasteiger partial charge in [0.2, 0.25) is 0 Å². The van der Waals surface area contributed by atoms with Gasteiger partial charge >= 0.3 is 11.9 Å². The Labute approximate surface area is 391 Å². The first kappa shape index (κ1) is 58.2. The number of ether oxygens (including phenoxy) is 3. The standard InChI is InChI=1S/C16H21Cl2NO6S2.C10H8Cl2O4S2.C6H13NO2.C5H11NO.ClH/c1-16(2,3)25-15(20)7-19-13-8-26(21,22)9-14(13)27(23,24)10-4-5-11(17)12(18)6-10;11-9-2-1-7(5-10(9)12)18(15,16)8-3-4-17(13,14)6-8;1-6(2,3)9-5(8)4-7;1-6-2-4-7-5-3-6;/h4-6,13-14,19H,7-9H2,1-3H3;1-5,8H,6H2;4,7H2,1-3H3;2-5H2,1H3;1H/t13-,14-;8-;;;/m11.../s1. The highest BCUT2D eigenvalue weighted by Crippen LogP contribution is 2.31. The van der Waals surface area contributed by atoms with Crippen molar-refractivity contribution in [2.24, 2.45) is 5.73 Å². The van der Waals surface area contributed by atoms with Gasteiger partial charge in [0.05, 0.1) is 83.9 Å². The Balaban J connectivity index is 0.000000468. The molecule has 0 aromatic heterocycles. The third kappa shape index (κ3) is 19.8. The van der Waals surface area contributed by atoms with Crippen LogP contribution in [0.2, 0.25) is 20.1 Å². The Kier molecular flexibility index (Phi) is 22.6. The van der Waals surface area contributed by atoms with E-state index in [0.717, 1.165) is 31.7 Å². The molecular formula is C37H54Cl5N3O13S4. The molecule has 2 saturated heterocycles. The third-order valence-electron chi connectivity index (χ3n) is 8.18. The number of nitrogens with zero attached hydrogens (tertiary/aromatic N) is 1. The summed E-state index contributed by atoms with van der Waals surface area (Å²) >= 11 is 23.2. The summed E-state index contributed by atoms with van der Waals surface area (Å²) in [5, 5.41) is 1.92. The first-order chi connectivity index (χ1) is 27.8. The Bertz CT molecular complexity index is 2330. The van der Waals surface area contributed by atoms with Crippen LogP contribution < -0.4 is 11.1 Å². The monoisotopic (exact) mass is 1050 g/mol. The predicted molar refractivity (Wildman–Crippen MR) is 245 cm³/mol. The molecule has 2 fully saturated rings. The van der Waals surface area contributed by atoms with Crippen molar-refractivity contribution in [1.29, 1.82) is 0 Å². The number of carbonyl (C=O) groups excluding carboxylic acids is 2. The zero-order chi connectivity index (χ0) is 46.8. The number of hydrogen-bond donors (Lipinski definition) is 2. The van der Waals surface area contributed by atoms with Crippen molar-refractivity contribution in [2.75, 3.05) is 63.7 Å². The van der Waals surface area contributed by atoms with Crippen LogP contribution in [0.25, 0.3) is 0 Å². The van der Waals surface area contributed by atoms with E-state index in [4.69, 9.17) is 66.3 Å². The molecule has 3 atom stereocenters.